The summed E-state index contributed by atoms with van der Waals surface area (Å²) in [6.07, 6.45) is 6.37. The van der Waals surface area contributed by atoms with Gasteiger partial charge in [0.05, 0.1) is 18.1 Å². The topological polar surface area (TPSA) is 77.5 Å². The fraction of sp³-hybridized carbons (Fsp3) is 0.444. The van der Waals surface area contributed by atoms with Gasteiger partial charge in [-0.3, -0.25) is 0 Å². The van der Waals surface area contributed by atoms with Gasteiger partial charge in [0.2, 0.25) is 5.95 Å². The molecular formula is C18H22FN7O. The van der Waals surface area contributed by atoms with Gasteiger partial charge in [0.15, 0.2) is 11.6 Å². The van der Waals surface area contributed by atoms with Crippen molar-refractivity contribution in [3.63, 3.8) is 0 Å². The molecule has 2 aliphatic rings. The molecule has 2 aromatic rings. The van der Waals surface area contributed by atoms with Gasteiger partial charge in [0.25, 0.3) is 0 Å². The highest BCUT2D eigenvalue weighted by atomic mass is 19.1. The first kappa shape index (κ1) is 17.4. The number of hydrogen-bond acceptors (Lipinski definition) is 6. The van der Waals surface area contributed by atoms with Crippen LogP contribution in [0.3, 0.4) is 0 Å². The third-order valence-corrected chi connectivity index (χ3v) is 4.89. The zero-order chi connectivity index (χ0) is 18.6. The molecule has 0 unspecified atom stereocenters. The fourth-order valence-electron chi connectivity index (χ4n) is 3.45. The van der Waals surface area contributed by atoms with E-state index in [4.69, 9.17) is 0 Å². The van der Waals surface area contributed by atoms with Gasteiger partial charge in [-0.2, -0.15) is 0 Å². The maximum atomic E-state index is 13.0. The number of rotatable bonds is 3. The minimum absolute atomic E-state index is 0.136. The quantitative estimate of drug-likeness (QED) is 0.889. The monoisotopic (exact) mass is 371 g/mol. The Morgan fingerprint density at radius 3 is 2.37 bits per heavy atom. The summed E-state index contributed by atoms with van der Waals surface area (Å²) in [5.74, 6) is 0.865. The van der Waals surface area contributed by atoms with Crippen molar-refractivity contribution < 1.29 is 9.18 Å². The summed E-state index contributed by atoms with van der Waals surface area (Å²) in [6.45, 7) is 4.24. The van der Waals surface area contributed by atoms with Gasteiger partial charge in [0, 0.05) is 45.5 Å². The zero-order valence-corrected chi connectivity index (χ0v) is 15.0. The summed E-state index contributed by atoms with van der Waals surface area (Å²) in [5, 5.41) is 3.00. The van der Waals surface area contributed by atoms with Crippen LogP contribution in [0.2, 0.25) is 0 Å². The number of carbonyl (C=O) groups excluding carboxylic acids is 1. The molecule has 27 heavy (non-hydrogen) atoms. The van der Waals surface area contributed by atoms with Crippen molar-refractivity contribution in [2.45, 2.75) is 12.8 Å². The van der Waals surface area contributed by atoms with E-state index in [1.54, 1.807) is 11.1 Å². The number of pyridine rings is 1. The molecule has 2 fully saturated rings. The van der Waals surface area contributed by atoms with Crippen molar-refractivity contribution in [2.24, 2.45) is 0 Å². The van der Waals surface area contributed by atoms with Gasteiger partial charge in [-0.25, -0.2) is 24.1 Å². The van der Waals surface area contributed by atoms with Crippen molar-refractivity contribution in [3.05, 3.63) is 36.5 Å². The first-order chi connectivity index (χ1) is 13.2. The number of halogens is 1. The van der Waals surface area contributed by atoms with E-state index in [1.807, 2.05) is 17.0 Å². The van der Waals surface area contributed by atoms with Crippen molar-refractivity contribution in [1.29, 1.82) is 0 Å². The van der Waals surface area contributed by atoms with Crippen molar-refractivity contribution in [1.82, 2.24) is 19.9 Å². The van der Waals surface area contributed by atoms with Gasteiger partial charge in [-0.05, 0) is 25.0 Å². The molecule has 4 heterocycles. The van der Waals surface area contributed by atoms with E-state index in [0.717, 1.165) is 49.8 Å². The van der Waals surface area contributed by atoms with E-state index in [1.165, 1.54) is 0 Å². The Morgan fingerprint density at radius 1 is 0.963 bits per heavy atom. The third-order valence-electron chi connectivity index (χ3n) is 4.89. The highest BCUT2D eigenvalue weighted by Crippen LogP contribution is 2.26. The van der Waals surface area contributed by atoms with E-state index < -0.39 is 5.82 Å². The smallest absolute Gasteiger partial charge is 0.322 e. The highest BCUT2D eigenvalue weighted by molar-refractivity contribution is 5.92. The summed E-state index contributed by atoms with van der Waals surface area (Å²) in [6, 6.07) is 3.59. The molecule has 2 amide bonds. The molecule has 0 radical (unpaired) electrons. The van der Waals surface area contributed by atoms with Crippen LogP contribution in [-0.4, -0.2) is 65.2 Å². The maximum Gasteiger partial charge on any atom is 0.322 e. The van der Waals surface area contributed by atoms with Crippen LogP contribution >= 0.6 is 0 Å². The molecule has 0 spiro atoms. The minimum Gasteiger partial charge on any atom is -0.355 e. The molecule has 0 aliphatic carbocycles. The highest BCUT2D eigenvalue weighted by Gasteiger charge is 2.24. The van der Waals surface area contributed by atoms with Crippen molar-refractivity contribution >= 4 is 23.5 Å². The maximum absolute atomic E-state index is 13.0. The molecule has 1 N–H and O–H groups in total. The SMILES string of the molecule is O=C(Nc1cccnc1N1CCCC1)N1CCN(c2ncc(F)cn2)CC1. The van der Waals surface area contributed by atoms with E-state index in [-0.39, 0.29) is 6.03 Å². The second-order valence-corrected chi connectivity index (χ2v) is 6.67. The van der Waals surface area contributed by atoms with Gasteiger partial charge >= 0.3 is 6.03 Å². The molecule has 142 valence electrons. The number of nitrogens with zero attached hydrogens (tertiary/aromatic N) is 6. The van der Waals surface area contributed by atoms with Gasteiger partial charge < -0.3 is 20.0 Å². The largest absolute Gasteiger partial charge is 0.355 e. The van der Waals surface area contributed by atoms with Crippen molar-refractivity contribution in [3.8, 4) is 0 Å². The molecule has 0 aromatic carbocycles. The second kappa shape index (κ2) is 7.73. The second-order valence-electron chi connectivity index (χ2n) is 6.67. The molecule has 0 bridgehead atoms. The van der Waals surface area contributed by atoms with Gasteiger partial charge in [-0.15, -0.1) is 0 Å². The summed E-state index contributed by atoms with van der Waals surface area (Å²) in [7, 11) is 0. The number of carbonyl (C=O) groups is 1. The molecule has 0 atom stereocenters. The molecule has 2 saturated heterocycles. The Balaban J connectivity index is 1.37. The van der Waals surface area contributed by atoms with Crippen LogP contribution in [-0.2, 0) is 0 Å². The molecule has 8 nitrogen and oxygen atoms in total. The van der Waals surface area contributed by atoms with E-state index >= 15 is 0 Å². The van der Waals surface area contributed by atoms with Crippen LogP contribution in [0, 0.1) is 5.82 Å². The molecule has 2 aromatic heterocycles. The summed E-state index contributed by atoms with van der Waals surface area (Å²) < 4.78 is 13.0. The lowest BCUT2D eigenvalue weighted by Crippen LogP contribution is -2.50. The number of urea groups is 1. The Morgan fingerprint density at radius 2 is 1.67 bits per heavy atom. The Bertz CT molecular complexity index is 787. The Kier molecular flexibility index (Phi) is 4.99. The predicted molar refractivity (Wildman–Crippen MR) is 100 cm³/mol. The van der Waals surface area contributed by atoms with Crippen LogP contribution in [0.4, 0.5) is 26.6 Å². The summed E-state index contributed by atoms with van der Waals surface area (Å²) >= 11 is 0. The summed E-state index contributed by atoms with van der Waals surface area (Å²) in [4.78, 5) is 31.1. The molecule has 0 saturated carbocycles. The van der Waals surface area contributed by atoms with Crippen LogP contribution in [0.25, 0.3) is 0 Å². The van der Waals surface area contributed by atoms with Crippen molar-refractivity contribution in [2.75, 3.05) is 54.4 Å². The average Bonchev–Trinajstić information content (AvgIpc) is 3.24. The normalized spacial score (nSPS) is 17.3. The fourth-order valence-corrected chi connectivity index (χ4v) is 3.45. The van der Waals surface area contributed by atoms with E-state index in [9.17, 15) is 9.18 Å². The number of piperazine rings is 1. The number of aromatic nitrogens is 3. The first-order valence-electron chi connectivity index (χ1n) is 9.19. The average molecular weight is 371 g/mol. The molecule has 4 rings (SSSR count). The minimum atomic E-state index is -0.456. The van der Waals surface area contributed by atoms with Gasteiger partial charge in [0.1, 0.15) is 0 Å². The number of hydrogen-bond donors (Lipinski definition) is 1. The lowest BCUT2D eigenvalue weighted by Gasteiger charge is -2.34. The van der Waals surface area contributed by atoms with Crippen LogP contribution in [0.1, 0.15) is 12.8 Å². The standard InChI is InChI=1S/C18H22FN7O/c19-14-12-21-17(22-13-14)25-8-10-26(11-9-25)18(27)23-15-4-3-5-20-16(15)24-6-1-2-7-24/h3-5,12-13H,1-2,6-11H2,(H,23,27). The van der Waals surface area contributed by atoms with E-state index in [2.05, 4.69) is 25.2 Å². The Hall–Kier alpha value is -2.97. The van der Waals surface area contributed by atoms with Gasteiger partial charge in [-0.1, -0.05) is 0 Å². The number of nitrogens with one attached hydrogen (secondary N) is 1. The zero-order valence-electron chi connectivity index (χ0n) is 15.0. The molecule has 2 aliphatic heterocycles. The third kappa shape index (κ3) is 3.91. The number of amides is 2. The summed E-state index contributed by atoms with van der Waals surface area (Å²) in [5.41, 5.74) is 0.744. The van der Waals surface area contributed by atoms with E-state index in [0.29, 0.717) is 32.1 Å². The first-order valence-corrected chi connectivity index (χ1v) is 9.19. The lowest BCUT2D eigenvalue weighted by molar-refractivity contribution is 0.208. The lowest BCUT2D eigenvalue weighted by atomic mass is 10.3. The Labute approximate surface area is 157 Å². The number of anilines is 3. The van der Waals surface area contributed by atoms with Crippen LogP contribution in [0.5, 0.6) is 0 Å². The van der Waals surface area contributed by atoms with Crippen LogP contribution in [0.15, 0.2) is 30.7 Å². The predicted octanol–water partition coefficient (Wildman–Crippen LogP) is 1.97. The molecule has 9 heteroatoms. The molecular weight excluding hydrogens is 349 g/mol. The van der Waals surface area contributed by atoms with Crippen LogP contribution < -0.4 is 15.1 Å².